The zero-order valence-electron chi connectivity index (χ0n) is 9.62. The smallest absolute Gasteiger partial charge is 0.237 e. The van der Waals surface area contributed by atoms with Gasteiger partial charge in [0.15, 0.2) is 0 Å². The van der Waals surface area contributed by atoms with Gasteiger partial charge in [0.1, 0.15) is 17.4 Å². The zero-order valence-corrected chi connectivity index (χ0v) is 9.62. The summed E-state index contributed by atoms with van der Waals surface area (Å²) in [6, 6.07) is 5.75. The van der Waals surface area contributed by atoms with Crippen molar-refractivity contribution in [1.82, 2.24) is 5.32 Å². The van der Waals surface area contributed by atoms with E-state index in [4.69, 9.17) is 9.68 Å². The van der Waals surface area contributed by atoms with Gasteiger partial charge in [-0.1, -0.05) is 6.92 Å². The molecule has 1 aromatic rings. The first kappa shape index (κ1) is 12.3. The number of aryl methyl sites for hydroxylation is 1. The quantitative estimate of drug-likeness (QED) is 0.822. The van der Waals surface area contributed by atoms with Gasteiger partial charge in [-0.15, -0.1) is 0 Å². The van der Waals surface area contributed by atoms with Crippen molar-refractivity contribution in [1.29, 1.82) is 5.26 Å². The summed E-state index contributed by atoms with van der Waals surface area (Å²) in [5, 5.41) is 11.4. The van der Waals surface area contributed by atoms with Crippen LogP contribution >= 0.6 is 0 Å². The number of nitriles is 1. The van der Waals surface area contributed by atoms with E-state index in [0.29, 0.717) is 19.4 Å². The molecule has 86 valence electrons. The fraction of sp³-hybridized carbons (Fsp3) is 0.500. The molecule has 0 aliphatic rings. The molecule has 0 saturated carbocycles. The third kappa shape index (κ3) is 3.43. The average Bonchev–Trinajstić information content (AvgIpc) is 2.66. The van der Waals surface area contributed by atoms with Crippen LogP contribution in [0.5, 0.6) is 0 Å². The monoisotopic (exact) mass is 220 g/mol. The van der Waals surface area contributed by atoms with Crippen molar-refractivity contribution in [2.45, 2.75) is 26.7 Å². The number of hydrogen-bond acceptors (Lipinski definition) is 3. The van der Waals surface area contributed by atoms with E-state index in [0.717, 1.165) is 11.5 Å². The highest BCUT2D eigenvalue weighted by molar-refractivity contribution is 5.80. The van der Waals surface area contributed by atoms with E-state index < -0.39 is 5.92 Å². The molecular formula is C12H16N2O2. The molecule has 0 radical (unpaired) electrons. The van der Waals surface area contributed by atoms with E-state index in [-0.39, 0.29) is 5.91 Å². The number of nitrogens with one attached hydrogen (secondary N) is 1. The van der Waals surface area contributed by atoms with Crippen molar-refractivity contribution in [3.05, 3.63) is 23.7 Å². The molecule has 0 spiro atoms. The Labute approximate surface area is 95.2 Å². The summed E-state index contributed by atoms with van der Waals surface area (Å²) in [7, 11) is 0. The molecule has 1 unspecified atom stereocenters. The Morgan fingerprint density at radius 2 is 2.38 bits per heavy atom. The summed E-state index contributed by atoms with van der Waals surface area (Å²) in [6.45, 7) is 4.21. The van der Waals surface area contributed by atoms with Crippen molar-refractivity contribution in [2.75, 3.05) is 6.54 Å². The van der Waals surface area contributed by atoms with Crippen LogP contribution in [0.15, 0.2) is 16.5 Å². The molecule has 0 bridgehead atoms. The molecule has 0 aliphatic heterocycles. The molecule has 1 rings (SSSR count). The second-order valence-corrected chi connectivity index (χ2v) is 3.64. The van der Waals surface area contributed by atoms with Gasteiger partial charge < -0.3 is 9.73 Å². The summed E-state index contributed by atoms with van der Waals surface area (Å²) in [5.41, 5.74) is 0. The summed E-state index contributed by atoms with van der Waals surface area (Å²) in [6.07, 6.45) is 1.20. The molecule has 0 aromatic carbocycles. The van der Waals surface area contributed by atoms with Crippen LogP contribution < -0.4 is 5.32 Å². The first-order valence-corrected chi connectivity index (χ1v) is 5.40. The first-order valence-electron chi connectivity index (χ1n) is 5.40. The molecular weight excluding hydrogens is 204 g/mol. The fourth-order valence-corrected chi connectivity index (χ4v) is 1.39. The number of carbonyl (C=O) groups excluding carboxylic acids is 1. The van der Waals surface area contributed by atoms with Gasteiger partial charge in [-0.25, -0.2) is 0 Å². The van der Waals surface area contributed by atoms with Crippen molar-refractivity contribution >= 4 is 5.91 Å². The minimum absolute atomic E-state index is 0.201. The third-order valence-electron chi connectivity index (χ3n) is 2.35. The topological polar surface area (TPSA) is 66.0 Å². The molecule has 0 saturated heterocycles. The van der Waals surface area contributed by atoms with Gasteiger partial charge in [-0.2, -0.15) is 5.26 Å². The summed E-state index contributed by atoms with van der Waals surface area (Å²) >= 11 is 0. The third-order valence-corrected chi connectivity index (χ3v) is 2.35. The Bertz CT molecular complexity index is 390. The van der Waals surface area contributed by atoms with Crippen molar-refractivity contribution in [3.63, 3.8) is 0 Å². The average molecular weight is 220 g/mol. The molecule has 4 nitrogen and oxygen atoms in total. The van der Waals surface area contributed by atoms with E-state index in [1.165, 1.54) is 0 Å². The second-order valence-electron chi connectivity index (χ2n) is 3.64. The predicted octanol–water partition coefficient (Wildman–Crippen LogP) is 1.80. The lowest BCUT2D eigenvalue weighted by Gasteiger charge is -2.06. The highest BCUT2D eigenvalue weighted by Crippen LogP contribution is 2.06. The normalized spacial score (nSPS) is 11.8. The van der Waals surface area contributed by atoms with Gasteiger partial charge in [-0.05, 0) is 25.5 Å². The Balaban J connectivity index is 2.31. The Hall–Kier alpha value is -1.76. The zero-order chi connectivity index (χ0) is 12.0. The molecule has 4 heteroatoms. The van der Waals surface area contributed by atoms with E-state index in [2.05, 4.69) is 5.32 Å². The van der Waals surface area contributed by atoms with Crippen LogP contribution in [0.3, 0.4) is 0 Å². The number of nitrogens with zero attached hydrogens (tertiary/aromatic N) is 1. The van der Waals surface area contributed by atoms with Gasteiger partial charge in [0.05, 0.1) is 6.07 Å². The lowest BCUT2D eigenvalue weighted by molar-refractivity contribution is -0.123. The number of hydrogen-bond donors (Lipinski definition) is 1. The second kappa shape index (κ2) is 5.96. The van der Waals surface area contributed by atoms with Gasteiger partial charge in [0, 0.05) is 13.0 Å². The molecule has 1 heterocycles. The van der Waals surface area contributed by atoms with Crippen LogP contribution in [0.4, 0.5) is 0 Å². The largest absolute Gasteiger partial charge is 0.466 e. The van der Waals surface area contributed by atoms with Crippen LogP contribution in [-0.2, 0) is 11.2 Å². The van der Waals surface area contributed by atoms with Crippen LogP contribution in [-0.4, -0.2) is 12.5 Å². The van der Waals surface area contributed by atoms with Gasteiger partial charge >= 0.3 is 0 Å². The van der Waals surface area contributed by atoms with Crippen LogP contribution in [0.1, 0.15) is 24.9 Å². The van der Waals surface area contributed by atoms with Gasteiger partial charge in [0.25, 0.3) is 0 Å². The fourth-order valence-electron chi connectivity index (χ4n) is 1.39. The van der Waals surface area contributed by atoms with E-state index >= 15 is 0 Å². The molecule has 1 aromatic heterocycles. The SMILES string of the molecule is CCC(C#N)C(=O)NCCc1ccc(C)o1. The summed E-state index contributed by atoms with van der Waals surface area (Å²) in [4.78, 5) is 11.4. The minimum Gasteiger partial charge on any atom is -0.466 e. The lowest BCUT2D eigenvalue weighted by Crippen LogP contribution is -2.31. The molecule has 16 heavy (non-hydrogen) atoms. The maximum absolute atomic E-state index is 11.4. The number of carbonyl (C=O) groups is 1. The predicted molar refractivity (Wildman–Crippen MR) is 59.6 cm³/mol. The molecule has 0 aliphatic carbocycles. The minimum atomic E-state index is -0.543. The van der Waals surface area contributed by atoms with Gasteiger partial charge in [-0.3, -0.25) is 4.79 Å². The Morgan fingerprint density at radius 3 is 2.88 bits per heavy atom. The number of rotatable bonds is 5. The van der Waals surface area contributed by atoms with Crippen LogP contribution in [0.25, 0.3) is 0 Å². The molecule has 0 fully saturated rings. The van der Waals surface area contributed by atoms with E-state index in [1.54, 1.807) is 0 Å². The van der Waals surface area contributed by atoms with Gasteiger partial charge in [0.2, 0.25) is 5.91 Å². The van der Waals surface area contributed by atoms with E-state index in [1.807, 2.05) is 32.0 Å². The molecule has 1 N–H and O–H groups in total. The number of furan rings is 1. The highest BCUT2D eigenvalue weighted by Gasteiger charge is 2.14. The molecule has 1 amide bonds. The summed E-state index contributed by atoms with van der Waals surface area (Å²) in [5.74, 6) is 0.971. The maximum Gasteiger partial charge on any atom is 0.237 e. The van der Waals surface area contributed by atoms with Crippen molar-refractivity contribution in [2.24, 2.45) is 5.92 Å². The Morgan fingerprint density at radius 1 is 1.62 bits per heavy atom. The summed E-state index contributed by atoms with van der Waals surface area (Å²) < 4.78 is 5.36. The first-order chi connectivity index (χ1) is 7.67. The van der Waals surface area contributed by atoms with Crippen molar-refractivity contribution < 1.29 is 9.21 Å². The lowest BCUT2D eigenvalue weighted by atomic mass is 10.1. The van der Waals surface area contributed by atoms with E-state index in [9.17, 15) is 4.79 Å². The Kier molecular flexibility index (Phi) is 4.59. The van der Waals surface area contributed by atoms with Crippen molar-refractivity contribution in [3.8, 4) is 6.07 Å². The van der Waals surface area contributed by atoms with Crippen LogP contribution in [0.2, 0.25) is 0 Å². The standard InChI is InChI=1S/C12H16N2O2/c1-3-10(8-13)12(15)14-7-6-11-5-4-9(2)16-11/h4-5,10H,3,6-7H2,1-2H3,(H,14,15). The number of amides is 1. The molecule has 1 atom stereocenters. The van der Waals surface area contributed by atoms with Crippen LogP contribution in [0, 0.1) is 24.2 Å². The highest BCUT2D eigenvalue weighted by atomic mass is 16.3. The maximum atomic E-state index is 11.4.